The summed E-state index contributed by atoms with van der Waals surface area (Å²) in [6.45, 7) is 14.1. The van der Waals surface area contributed by atoms with Crippen LogP contribution in [0.5, 0.6) is 0 Å². The van der Waals surface area contributed by atoms with Gasteiger partial charge in [-0.15, -0.1) is 0 Å². The van der Waals surface area contributed by atoms with Gasteiger partial charge in [0, 0.05) is 24.3 Å². The Morgan fingerprint density at radius 2 is 0.775 bits per heavy atom. The molecule has 0 aromatic rings. The van der Waals surface area contributed by atoms with E-state index >= 15 is 0 Å². The Kier molecular flexibility index (Phi) is 29.0. The van der Waals surface area contributed by atoms with Crippen LogP contribution in [0.3, 0.4) is 0 Å². The Balaban J connectivity index is 0. The molecule has 232 valence electrons. The topological polar surface area (TPSA) is 105 Å². The smallest absolute Gasteiger partial charge is 0.331 e. The van der Waals surface area contributed by atoms with Gasteiger partial charge in [-0.2, -0.15) is 0 Å². The maximum Gasteiger partial charge on any atom is 0.331 e. The van der Waals surface area contributed by atoms with Crippen LogP contribution in [0.2, 0.25) is 0 Å². The van der Waals surface area contributed by atoms with Crippen molar-refractivity contribution in [2.45, 2.75) is 119 Å². The third-order valence-electron chi connectivity index (χ3n) is 6.20. The van der Waals surface area contributed by atoms with E-state index in [2.05, 4.69) is 27.7 Å². The van der Waals surface area contributed by atoms with Crippen molar-refractivity contribution in [3.05, 3.63) is 24.3 Å². The Morgan fingerprint density at radius 3 is 1.05 bits per heavy atom. The summed E-state index contributed by atoms with van der Waals surface area (Å²) in [6, 6.07) is 0. The van der Waals surface area contributed by atoms with E-state index in [1.54, 1.807) is 0 Å². The minimum absolute atomic E-state index is 0.393. The van der Waals surface area contributed by atoms with Crippen LogP contribution >= 0.6 is 0 Å². The molecule has 0 N–H and O–H groups in total. The molecule has 0 amide bonds. The fraction of sp³-hybridized carbons (Fsp3) is 0.750. The highest BCUT2D eigenvalue weighted by molar-refractivity contribution is 5.92. The molecule has 0 aromatic carbocycles. The van der Waals surface area contributed by atoms with Crippen molar-refractivity contribution in [3.63, 3.8) is 0 Å². The van der Waals surface area contributed by atoms with Crippen LogP contribution in [0.25, 0.3) is 0 Å². The van der Waals surface area contributed by atoms with Gasteiger partial charge in [0.25, 0.3) is 0 Å². The normalized spacial score (nSPS) is 12.3. The van der Waals surface area contributed by atoms with Crippen LogP contribution in [-0.4, -0.2) is 50.3 Å². The zero-order valence-electron chi connectivity index (χ0n) is 26.0. The summed E-state index contributed by atoms with van der Waals surface area (Å²) in [5, 5.41) is 0. The molecule has 0 aliphatic rings. The summed E-state index contributed by atoms with van der Waals surface area (Å²) in [5.41, 5.74) is 0. The minimum Gasteiger partial charge on any atom is -0.463 e. The lowest BCUT2D eigenvalue weighted by molar-refractivity contribution is -0.142. The van der Waals surface area contributed by atoms with Crippen LogP contribution < -0.4 is 0 Å². The van der Waals surface area contributed by atoms with Gasteiger partial charge >= 0.3 is 23.9 Å². The van der Waals surface area contributed by atoms with E-state index in [0.29, 0.717) is 38.3 Å². The number of hydrogen-bond donors (Lipinski definition) is 0. The van der Waals surface area contributed by atoms with Gasteiger partial charge < -0.3 is 18.9 Å². The molecule has 0 saturated carbocycles. The highest BCUT2D eigenvalue weighted by Gasteiger charge is 2.10. The van der Waals surface area contributed by atoms with E-state index in [-0.39, 0.29) is 0 Å². The van der Waals surface area contributed by atoms with Gasteiger partial charge in [0.2, 0.25) is 0 Å². The van der Waals surface area contributed by atoms with E-state index in [9.17, 15) is 19.2 Å². The van der Waals surface area contributed by atoms with Crippen molar-refractivity contribution < 1.29 is 38.1 Å². The molecular weight excluding hydrogens is 512 g/mol. The maximum absolute atomic E-state index is 11.7. The first-order valence-corrected chi connectivity index (χ1v) is 15.3. The molecule has 0 spiro atoms. The summed E-state index contributed by atoms with van der Waals surface area (Å²) in [5.74, 6) is -1.14. The van der Waals surface area contributed by atoms with Crippen molar-refractivity contribution >= 4 is 23.9 Å². The standard InChI is InChI=1S/C20H36O4.C12H20O4/c1-5-9-11-17(7-3)15-23-19(21)13-14-20(22)24-16-18(8-4)12-10-6-2;1-3-5-9-15-11(13)7-8-12(14)16-10-6-4-2/h13-14,17-18H,5-12,15-16H2,1-4H3;7-8H,3-6,9-10H2,1-2H3/b14-13-;8-7-. The average Bonchev–Trinajstić information content (AvgIpc) is 2.95. The van der Waals surface area contributed by atoms with Crippen LogP contribution in [0.4, 0.5) is 0 Å². The molecule has 0 aliphatic carbocycles. The molecular formula is C32H56O8. The second-order valence-electron chi connectivity index (χ2n) is 9.80. The van der Waals surface area contributed by atoms with Gasteiger partial charge in [0.1, 0.15) is 0 Å². The molecule has 0 aliphatic heterocycles. The van der Waals surface area contributed by atoms with Crippen LogP contribution in [0.1, 0.15) is 119 Å². The molecule has 8 heteroatoms. The van der Waals surface area contributed by atoms with Gasteiger partial charge in [-0.25, -0.2) is 19.2 Å². The molecule has 0 heterocycles. The fourth-order valence-corrected chi connectivity index (χ4v) is 3.29. The zero-order chi connectivity index (χ0) is 30.4. The molecule has 2 atom stereocenters. The second kappa shape index (κ2) is 29.3. The third kappa shape index (κ3) is 26.9. The van der Waals surface area contributed by atoms with Gasteiger partial charge in [0.15, 0.2) is 0 Å². The third-order valence-corrected chi connectivity index (χ3v) is 6.20. The SMILES string of the molecule is CCCCC(CC)COC(=O)/C=C\C(=O)OCC(CC)CCCC.CCCCOC(=O)/C=C\C(=O)OCCCC. The summed E-state index contributed by atoms with van der Waals surface area (Å²) >= 11 is 0. The molecule has 0 radical (unpaired) electrons. The number of rotatable bonds is 22. The highest BCUT2D eigenvalue weighted by atomic mass is 16.5. The van der Waals surface area contributed by atoms with E-state index in [4.69, 9.17) is 18.9 Å². The number of hydrogen-bond acceptors (Lipinski definition) is 8. The first-order valence-electron chi connectivity index (χ1n) is 15.3. The zero-order valence-corrected chi connectivity index (χ0v) is 26.0. The van der Waals surface area contributed by atoms with Gasteiger partial charge in [-0.3, -0.25) is 0 Å². The molecule has 40 heavy (non-hydrogen) atoms. The van der Waals surface area contributed by atoms with Crippen molar-refractivity contribution in [3.8, 4) is 0 Å². The predicted octanol–water partition coefficient (Wildman–Crippen LogP) is 7.29. The lowest BCUT2D eigenvalue weighted by Gasteiger charge is -2.14. The Labute approximate surface area is 243 Å². The van der Waals surface area contributed by atoms with Crippen molar-refractivity contribution in [2.24, 2.45) is 11.8 Å². The van der Waals surface area contributed by atoms with Crippen LogP contribution in [0, 0.1) is 11.8 Å². The Bertz CT molecular complexity index is 656. The molecule has 8 nitrogen and oxygen atoms in total. The van der Waals surface area contributed by atoms with E-state index in [0.717, 1.165) is 89.2 Å². The number of unbranched alkanes of at least 4 members (excludes halogenated alkanes) is 4. The average molecular weight is 569 g/mol. The van der Waals surface area contributed by atoms with E-state index < -0.39 is 23.9 Å². The largest absolute Gasteiger partial charge is 0.463 e. The minimum atomic E-state index is -0.499. The summed E-state index contributed by atoms with van der Waals surface area (Å²) in [7, 11) is 0. The predicted molar refractivity (Wildman–Crippen MR) is 159 cm³/mol. The molecule has 0 saturated heterocycles. The first kappa shape index (κ1) is 39.5. The highest BCUT2D eigenvalue weighted by Crippen LogP contribution is 2.14. The second-order valence-corrected chi connectivity index (χ2v) is 9.80. The van der Waals surface area contributed by atoms with Gasteiger partial charge in [0.05, 0.1) is 26.4 Å². The number of carbonyl (C=O) groups is 4. The maximum atomic E-state index is 11.7. The summed E-state index contributed by atoms with van der Waals surface area (Å²) in [4.78, 5) is 45.4. The Hall–Kier alpha value is -2.64. The summed E-state index contributed by atoms with van der Waals surface area (Å²) < 4.78 is 20.1. The first-order chi connectivity index (χ1) is 19.3. The van der Waals surface area contributed by atoms with E-state index in [1.807, 2.05) is 13.8 Å². The molecule has 0 aromatic heterocycles. The number of esters is 4. The number of ether oxygens (including phenoxy) is 4. The monoisotopic (exact) mass is 568 g/mol. The fourth-order valence-electron chi connectivity index (χ4n) is 3.29. The van der Waals surface area contributed by atoms with Crippen LogP contribution in [-0.2, 0) is 38.1 Å². The molecule has 2 unspecified atom stereocenters. The van der Waals surface area contributed by atoms with Crippen LogP contribution in [0.15, 0.2) is 24.3 Å². The quantitative estimate of drug-likeness (QED) is 0.0580. The lowest BCUT2D eigenvalue weighted by Crippen LogP contribution is -2.14. The van der Waals surface area contributed by atoms with E-state index in [1.165, 1.54) is 12.2 Å². The Morgan fingerprint density at radius 1 is 0.475 bits per heavy atom. The molecule has 0 fully saturated rings. The molecule has 0 bridgehead atoms. The van der Waals surface area contributed by atoms with Crippen molar-refractivity contribution in [2.75, 3.05) is 26.4 Å². The summed E-state index contributed by atoms with van der Waals surface area (Å²) in [6.07, 6.45) is 16.9. The number of carbonyl (C=O) groups excluding carboxylic acids is 4. The van der Waals surface area contributed by atoms with Crippen molar-refractivity contribution in [1.82, 2.24) is 0 Å². The lowest BCUT2D eigenvalue weighted by atomic mass is 10.0. The van der Waals surface area contributed by atoms with Gasteiger partial charge in [-0.05, 0) is 37.5 Å². The van der Waals surface area contributed by atoms with Crippen molar-refractivity contribution in [1.29, 1.82) is 0 Å². The van der Waals surface area contributed by atoms with Gasteiger partial charge in [-0.1, -0.05) is 92.9 Å². The molecule has 0 rings (SSSR count).